The largest absolute Gasteiger partial charge is 0.303 e. The van der Waals surface area contributed by atoms with Crippen molar-refractivity contribution >= 4 is 29.5 Å². The first-order chi connectivity index (χ1) is 5.66. The molecule has 0 aliphatic carbocycles. The van der Waals surface area contributed by atoms with Crippen LogP contribution in [0.3, 0.4) is 0 Å². The van der Waals surface area contributed by atoms with Crippen molar-refractivity contribution in [1.82, 2.24) is 10.2 Å². The maximum absolute atomic E-state index is 10.2. The molecule has 1 aromatic rings. The van der Waals surface area contributed by atoms with Crippen LogP contribution in [-0.2, 0) is 11.2 Å². The Morgan fingerprint density at radius 3 is 2.50 bits per heavy atom. The van der Waals surface area contributed by atoms with Crippen LogP contribution in [0, 0.1) is 6.92 Å². The van der Waals surface area contributed by atoms with Gasteiger partial charge in [0.15, 0.2) is 10.3 Å². The fraction of sp³-hybridized carbons (Fsp3) is 0.286. The van der Waals surface area contributed by atoms with Gasteiger partial charge in [-0.05, 0) is 12.5 Å². The minimum absolute atomic E-state index is 0.222. The molecule has 0 saturated carbocycles. The average molecular weight is 205 g/mol. The van der Waals surface area contributed by atoms with Gasteiger partial charge in [0.2, 0.25) is 0 Å². The normalized spacial score (nSPS) is 9.92. The molecule has 0 amide bonds. The summed E-state index contributed by atoms with van der Waals surface area (Å²) in [5.41, 5.74) is 1.36. The van der Waals surface area contributed by atoms with Gasteiger partial charge in [-0.15, -0.1) is 10.2 Å². The maximum atomic E-state index is 10.2. The molecule has 1 aromatic heterocycles. The van der Waals surface area contributed by atoms with Gasteiger partial charge in [0.25, 0.3) is 0 Å². The summed E-state index contributed by atoms with van der Waals surface area (Å²) in [6.07, 6.45) is 0.978. The van der Waals surface area contributed by atoms with Crippen LogP contribution in [0.1, 0.15) is 11.1 Å². The second kappa shape index (κ2) is 3.83. The molecule has 0 saturated heterocycles. The lowest BCUT2D eigenvalue weighted by Gasteiger charge is -2.03. The molecule has 12 heavy (non-hydrogen) atoms. The molecule has 0 bridgehead atoms. The van der Waals surface area contributed by atoms with Crippen molar-refractivity contribution in [2.24, 2.45) is 0 Å². The number of aldehydes is 1. The lowest BCUT2D eigenvalue weighted by atomic mass is 10.1. The van der Waals surface area contributed by atoms with Crippen LogP contribution in [-0.4, -0.2) is 16.5 Å². The lowest BCUT2D eigenvalue weighted by molar-refractivity contribution is -0.107. The van der Waals surface area contributed by atoms with E-state index in [4.69, 9.17) is 23.2 Å². The van der Waals surface area contributed by atoms with E-state index in [0.717, 1.165) is 6.29 Å². The predicted octanol–water partition coefficient (Wildman–Crippen LogP) is 1.83. The monoisotopic (exact) mass is 204 g/mol. The zero-order chi connectivity index (χ0) is 9.14. The predicted molar refractivity (Wildman–Crippen MR) is 46.6 cm³/mol. The van der Waals surface area contributed by atoms with Crippen molar-refractivity contribution in [2.45, 2.75) is 13.3 Å². The summed E-state index contributed by atoms with van der Waals surface area (Å²) in [7, 11) is 0. The Bertz CT molecular complexity index is 315. The Kier molecular flexibility index (Phi) is 3.00. The van der Waals surface area contributed by atoms with Crippen LogP contribution >= 0.6 is 23.2 Å². The standard InChI is InChI=1S/C7H6Cl2N2O/c1-4-5(2-3-12)7(9)11-10-6(4)8/h3H,2H2,1H3. The van der Waals surface area contributed by atoms with E-state index in [1.54, 1.807) is 6.92 Å². The number of nitrogens with zero attached hydrogens (tertiary/aromatic N) is 2. The Balaban J connectivity index is 3.22. The summed E-state index contributed by atoms with van der Waals surface area (Å²) >= 11 is 11.4. The minimum Gasteiger partial charge on any atom is -0.303 e. The molecular formula is C7H6Cl2N2O. The van der Waals surface area contributed by atoms with E-state index >= 15 is 0 Å². The van der Waals surface area contributed by atoms with Gasteiger partial charge in [-0.1, -0.05) is 23.2 Å². The highest BCUT2D eigenvalue weighted by Gasteiger charge is 2.09. The molecule has 0 atom stereocenters. The molecule has 64 valence electrons. The molecule has 0 spiro atoms. The van der Waals surface area contributed by atoms with Gasteiger partial charge in [-0.25, -0.2) is 0 Å². The van der Waals surface area contributed by atoms with Crippen LogP contribution in [0.15, 0.2) is 0 Å². The Morgan fingerprint density at radius 1 is 1.33 bits per heavy atom. The van der Waals surface area contributed by atoms with Gasteiger partial charge in [-0.3, -0.25) is 0 Å². The highest BCUT2D eigenvalue weighted by molar-refractivity contribution is 6.32. The number of aromatic nitrogens is 2. The Morgan fingerprint density at radius 2 is 1.92 bits per heavy atom. The van der Waals surface area contributed by atoms with E-state index in [0.29, 0.717) is 11.1 Å². The highest BCUT2D eigenvalue weighted by atomic mass is 35.5. The molecular weight excluding hydrogens is 199 g/mol. The van der Waals surface area contributed by atoms with E-state index in [1.807, 2.05) is 0 Å². The third kappa shape index (κ3) is 1.73. The van der Waals surface area contributed by atoms with Crippen LogP contribution in [0.2, 0.25) is 10.3 Å². The van der Waals surface area contributed by atoms with Gasteiger partial charge < -0.3 is 4.79 Å². The van der Waals surface area contributed by atoms with E-state index in [2.05, 4.69) is 10.2 Å². The summed E-state index contributed by atoms with van der Waals surface area (Å²) in [6.45, 7) is 1.75. The van der Waals surface area contributed by atoms with Gasteiger partial charge in [0.1, 0.15) is 6.29 Å². The van der Waals surface area contributed by atoms with Crippen LogP contribution in [0.4, 0.5) is 0 Å². The SMILES string of the molecule is Cc1c(Cl)nnc(Cl)c1CC=O. The Labute approximate surface area is 79.7 Å². The van der Waals surface area contributed by atoms with Crippen LogP contribution < -0.4 is 0 Å². The first kappa shape index (κ1) is 9.42. The zero-order valence-electron chi connectivity index (χ0n) is 6.34. The summed E-state index contributed by atoms with van der Waals surface area (Å²) < 4.78 is 0. The van der Waals surface area contributed by atoms with Crippen molar-refractivity contribution in [3.8, 4) is 0 Å². The van der Waals surface area contributed by atoms with Gasteiger partial charge in [0, 0.05) is 12.0 Å². The van der Waals surface area contributed by atoms with Crippen molar-refractivity contribution < 1.29 is 4.79 Å². The van der Waals surface area contributed by atoms with E-state index < -0.39 is 0 Å². The number of hydrogen-bond donors (Lipinski definition) is 0. The topological polar surface area (TPSA) is 42.9 Å². The van der Waals surface area contributed by atoms with Gasteiger partial charge >= 0.3 is 0 Å². The molecule has 0 N–H and O–H groups in total. The first-order valence-corrected chi connectivity index (χ1v) is 4.03. The molecule has 0 fully saturated rings. The number of carbonyl (C=O) groups is 1. The van der Waals surface area contributed by atoms with Crippen molar-refractivity contribution in [1.29, 1.82) is 0 Å². The van der Waals surface area contributed by atoms with Crippen LogP contribution in [0.5, 0.6) is 0 Å². The smallest absolute Gasteiger partial charge is 0.155 e. The molecule has 0 unspecified atom stereocenters. The van der Waals surface area contributed by atoms with E-state index in [9.17, 15) is 4.79 Å². The molecule has 1 heterocycles. The molecule has 0 aromatic carbocycles. The van der Waals surface area contributed by atoms with Gasteiger partial charge in [-0.2, -0.15) is 0 Å². The van der Waals surface area contributed by atoms with Crippen LogP contribution in [0.25, 0.3) is 0 Å². The minimum atomic E-state index is 0.222. The number of carbonyl (C=O) groups excluding carboxylic acids is 1. The second-order valence-electron chi connectivity index (χ2n) is 2.26. The van der Waals surface area contributed by atoms with E-state index in [-0.39, 0.29) is 16.7 Å². The lowest BCUT2D eigenvalue weighted by Crippen LogP contribution is -1.98. The fourth-order valence-electron chi connectivity index (χ4n) is 0.823. The summed E-state index contributed by atoms with van der Waals surface area (Å²) in [6, 6.07) is 0. The third-order valence-electron chi connectivity index (χ3n) is 1.52. The molecule has 1 rings (SSSR count). The number of hydrogen-bond acceptors (Lipinski definition) is 3. The van der Waals surface area contributed by atoms with Crippen molar-refractivity contribution in [2.75, 3.05) is 0 Å². The Hall–Kier alpha value is -0.670. The molecule has 0 radical (unpaired) electrons. The third-order valence-corrected chi connectivity index (χ3v) is 2.19. The first-order valence-electron chi connectivity index (χ1n) is 3.27. The summed E-state index contributed by atoms with van der Waals surface area (Å²) in [5.74, 6) is 0. The quantitative estimate of drug-likeness (QED) is 0.691. The zero-order valence-corrected chi connectivity index (χ0v) is 7.85. The van der Waals surface area contributed by atoms with Crippen molar-refractivity contribution in [3.63, 3.8) is 0 Å². The molecule has 5 heteroatoms. The van der Waals surface area contributed by atoms with Crippen molar-refractivity contribution in [3.05, 3.63) is 21.4 Å². The van der Waals surface area contributed by atoms with E-state index in [1.165, 1.54) is 0 Å². The summed E-state index contributed by atoms with van der Waals surface area (Å²) in [5, 5.41) is 7.70. The molecule has 0 aliphatic heterocycles. The number of rotatable bonds is 2. The maximum Gasteiger partial charge on any atom is 0.155 e. The number of halogens is 2. The fourth-order valence-corrected chi connectivity index (χ4v) is 1.23. The summed E-state index contributed by atoms with van der Waals surface area (Å²) in [4.78, 5) is 10.2. The molecule has 3 nitrogen and oxygen atoms in total. The molecule has 0 aliphatic rings. The van der Waals surface area contributed by atoms with Gasteiger partial charge in [0.05, 0.1) is 0 Å². The second-order valence-corrected chi connectivity index (χ2v) is 2.97. The highest BCUT2D eigenvalue weighted by Crippen LogP contribution is 2.21. The average Bonchev–Trinajstić information content (AvgIpc) is 2.06.